The van der Waals surface area contributed by atoms with E-state index in [-0.39, 0.29) is 29.1 Å². The van der Waals surface area contributed by atoms with Gasteiger partial charge in [-0.3, -0.25) is 0 Å². The van der Waals surface area contributed by atoms with Crippen LogP contribution in [0.5, 0.6) is 5.75 Å². The molecule has 0 bridgehead atoms. The molecule has 250 valence electrons. The number of aryl methyl sites for hydroxylation is 1. The van der Waals surface area contributed by atoms with Crippen LogP contribution < -0.4 is 4.74 Å². The Morgan fingerprint density at radius 3 is 1.73 bits per heavy atom. The molecule has 0 aliphatic carbocycles. The van der Waals surface area contributed by atoms with Crippen molar-refractivity contribution in [1.29, 1.82) is 0 Å². The van der Waals surface area contributed by atoms with Crippen molar-refractivity contribution in [3.63, 3.8) is 0 Å². The average Bonchev–Trinajstić information content (AvgIpc) is 3.00. The Morgan fingerprint density at radius 1 is 0.604 bits per heavy atom. The van der Waals surface area contributed by atoms with Crippen molar-refractivity contribution in [2.75, 3.05) is 0 Å². The number of hydrogen-bond acceptors (Lipinski definition) is 3. The van der Waals surface area contributed by atoms with Crippen molar-refractivity contribution in [1.82, 2.24) is 9.97 Å². The van der Waals surface area contributed by atoms with Crippen LogP contribution in [0.15, 0.2) is 79.1 Å². The molecule has 5 aromatic rings. The molecule has 1 aromatic heterocycles. The van der Waals surface area contributed by atoms with Crippen molar-refractivity contribution < 1.29 is 48.6 Å². The molecule has 0 aliphatic heterocycles. The van der Waals surface area contributed by atoms with Crippen molar-refractivity contribution in [2.24, 2.45) is 0 Å². The van der Waals surface area contributed by atoms with Gasteiger partial charge in [-0.1, -0.05) is 44.0 Å². The summed E-state index contributed by atoms with van der Waals surface area (Å²) < 4.78 is 146. The molecule has 0 unspecified atom stereocenters. The van der Waals surface area contributed by atoms with Crippen LogP contribution in [0.4, 0.5) is 43.9 Å². The summed E-state index contributed by atoms with van der Waals surface area (Å²) in [4.78, 5) is 8.59. The third-order valence-electron chi connectivity index (χ3n) is 7.42. The topological polar surface area (TPSA) is 35.0 Å². The second kappa shape index (κ2) is 13.7. The van der Waals surface area contributed by atoms with Gasteiger partial charge in [0.05, 0.1) is 5.56 Å². The van der Waals surface area contributed by atoms with Crippen LogP contribution in [0.2, 0.25) is 0 Å². The van der Waals surface area contributed by atoms with Gasteiger partial charge < -0.3 is 4.74 Å². The van der Waals surface area contributed by atoms with Crippen molar-refractivity contribution in [2.45, 2.75) is 44.9 Å². The largest absolute Gasteiger partial charge is 0.432 e. The molecule has 0 saturated carbocycles. The molecule has 4 aromatic carbocycles. The first kappa shape index (κ1) is 34.4. The zero-order valence-corrected chi connectivity index (χ0v) is 24.9. The third-order valence-corrected chi connectivity index (χ3v) is 7.42. The molecular formula is C35H24F10N2O. The standard InChI is InChI=1S/C35H24F10N2O/c1-2-3-4-5-19-17-46-33(47-18-19)21-7-10-24(28(37)13-21)20-6-9-25(27(36)12-20)22-14-30(39)32(31(40)15-22)35(44,45)48-23-8-11-26(29(38)16-23)34(41,42)43/h6-18H,2-5H2,1H3. The smallest absolute Gasteiger partial charge is 0.429 e. The van der Waals surface area contributed by atoms with Crippen LogP contribution in [-0.4, -0.2) is 9.97 Å². The van der Waals surface area contributed by atoms with E-state index in [1.807, 2.05) is 0 Å². The Kier molecular flexibility index (Phi) is 9.79. The highest BCUT2D eigenvalue weighted by Crippen LogP contribution is 2.40. The number of unbranched alkanes of at least 4 members (excludes halogenated alkanes) is 2. The van der Waals surface area contributed by atoms with E-state index in [1.54, 1.807) is 18.5 Å². The van der Waals surface area contributed by atoms with Gasteiger partial charge in [0, 0.05) is 35.2 Å². The second-order valence-electron chi connectivity index (χ2n) is 10.8. The summed E-state index contributed by atoms with van der Waals surface area (Å²) in [7, 11) is 0. The number of halogens is 10. The molecule has 0 fully saturated rings. The molecule has 48 heavy (non-hydrogen) atoms. The fourth-order valence-corrected chi connectivity index (χ4v) is 5.01. The van der Waals surface area contributed by atoms with Crippen LogP contribution in [0.1, 0.15) is 42.9 Å². The minimum Gasteiger partial charge on any atom is -0.429 e. The van der Waals surface area contributed by atoms with Crippen LogP contribution in [0.25, 0.3) is 33.6 Å². The minimum atomic E-state index is -5.12. The monoisotopic (exact) mass is 678 g/mol. The summed E-state index contributed by atoms with van der Waals surface area (Å²) in [5, 5.41) is 0. The maximum Gasteiger partial charge on any atom is 0.432 e. The molecule has 0 spiro atoms. The number of ether oxygens (including phenoxy) is 1. The lowest BCUT2D eigenvalue weighted by molar-refractivity contribution is -0.189. The average molecular weight is 679 g/mol. The van der Waals surface area contributed by atoms with E-state index in [0.29, 0.717) is 23.8 Å². The summed E-state index contributed by atoms with van der Waals surface area (Å²) in [5.41, 5.74) is -3.24. The van der Waals surface area contributed by atoms with Gasteiger partial charge in [0.1, 0.15) is 40.4 Å². The van der Waals surface area contributed by atoms with Crippen molar-refractivity contribution >= 4 is 0 Å². The maximum absolute atomic E-state index is 15.2. The molecule has 5 rings (SSSR count). The highest BCUT2D eigenvalue weighted by Gasteiger charge is 2.42. The Morgan fingerprint density at radius 2 is 1.17 bits per heavy atom. The fraction of sp³-hybridized carbons (Fsp3) is 0.200. The van der Waals surface area contributed by atoms with E-state index in [2.05, 4.69) is 21.6 Å². The quantitative estimate of drug-likeness (QED) is 0.109. The molecule has 0 N–H and O–H groups in total. The van der Waals surface area contributed by atoms with E-state index in [4.69, 9.17) is 0 Å². The van der Waals surface area contributed by atoms with Gasteiger partial charge in [0.25, 0.3) is 0 Å². The molecule has 0 atom stereocenters. The van der Waals surface area contributed by atoms with Gasteiger partial charge in [0.15, 0.2) is 5.82 Å². The minimum absolute atomic E-state index is 0.00544. The fourth-order valence-electron chi connectivity index (χ4n) is 5.01. The molecule has 0 amide bonds. The predicted molar refractivity (Wildman–Crippen MR) is 157 cm³/mol. The van der Waals surface area contributed by atoms with Gasteiger partial charge >= 0.3 is 12.3 Å². The Balaban J connectivity index is 1.36. The van der Waals surface area contributed by atoms with Gasteiger partial charge in [-0.25, -0.2) is 31.9 Å². The molecule has 0 radical (unpaired) electrons. The molecule has 1 heterocycles. The number of nitrogens with zero attached hydrogens (tertiary/aromatic N) is 2. The summed E-state index contributed by atoms with van der Waals surface area (Å²) >= 11 is 0. The van der Waals surface area contributed by atoms with E-state index < -0.39 is 69.4 Å². The van der Waals surface area contributed by atoms with Crippen LogP contribution in [0, 0.1) is 29.1 Å². The predicted octanol–water partition coefficient (Wildman–Crippen LogP) is 11.1. The van der Waals surface area contributed by atoms with E-state index in [1.165, 1.54) is 18.2 Å². The van der Waals surface area contributed by atoms with Crippen LogP contribution in [-0.2, 0) is 18.7 Å². The highest BCUT2D eigenvalue weighted by atomic mass is 19.4. The lowest BCUT2D eigenvalue weighted by Gasteiger charge is -2.20. The Labute approximate surface area is 267 Å². The van der Waals surface area contributed by atoms with E-state index in [0.717, 1.165) is 43.4 Å². The number of rotatable bonds is 10. The summed E-state index contributed by atoms with van der Waals surface area (Å²) in [6, 6.07) is 8.62. The van der Waals surface area contributed by atoms with Crippen molar-refractivity contribution in [3.05, 3.63) is 125 Å². The lowest BCUT2D eigenvalue weighted by atomic mass is 9.97. The van der Waals surface area contributed by atoms with E-state index >= 15 is 8.78 Å². The molecule has 3 nitrogen and oxygen atoms in total. The summed E-state index contributed by atoms with van der Waals surface area (Å²) in [6.07, 6.45) is -2.63. The first-order valence-corrected chi connectivity index (χ1v) is 14.5. The Hall–Kier alpha value is -4.94. The highest BCUT2D eigenvalue weighted by molar-refractivity contribution is 5.73. The SMILES string of the molecule is CCCCCc1cnc(-c2ccc(-c3ccc(-c4cc(F)c(C(F)(F)Oc5ccc(C(F)(F)F)c(F)c5)c(F)c4)c(F)c3)c(F)c2)nc1. The van der Waals surface area contributed by atoms with Gasteiger partial charge in [-0.05, 0) is 65.9 Å². The number of aromatic nitrogens is 2. The van der Waals surface area contributed by atoms with Gasteiger partial charge in [0.2, 0.25) is 0 Å². The zero-order valence-electron chi connectivity index (χ0n) is 24.9. The first-order valence-electron chi connectivity index (χ1n) is 14.5. The lowest BCUT2D eigenvalue weighted by Crippen LogP contribution is -2.25. The molecule has 13 heteroatoms. The Bertz CT molecular complexity index is 1920. The molecular weight excluding hydrogens is 654 g/mol. The van der Waals surface area contributed by atoms with Crippen LogP contribution >= 0.6 is 0 Å². The maximum atomic E-state index is 15.2. The third kappa shape index (κ3) is 7.45. The van der Waals surface area contributed by atoms with Crippen molar-refractivity contribution in [3.8, 4) is 39.4 Å². The molecule has 0 saturated heterocycles. The normalized spacial score (nSPS) is 12.0. The number of benzene rings is 4. The second-order valence-corrected chi connectivity index (χ2v) is 10.8. The first-order chi connectivity index (χ1) is 22.7. The summed E-state index contributed by atoms with van der Waals surface area (Å²) in [5.74, 6) is -8.36. The summed E-state index contributed by atoms with van der Waals surface area (Å²) in [6.45, 7) is 2.09. The number of alkyl halides is 5. The number of hydrogen-bond donors (Lipinski definition) is 0. The van der Waals surface area contributed by atoms with Gasteiger partial charge in [-0.2, -0.15) is 22.0 Å². The van der Waals surface area contributed by atoms with Crippen LogP contribution in [0.3, 0.4) is 0 Å². The zero-order chi connectivity index (χ0) is 34.8. The molecule has 0 aliphatic rings. The van der Waals surface area contributed by atoms with E-state index in [9.17, 15) is 35.1 Å². The van der Waals surface area contributed by atoms with Gasteiger partial charge in [-0.15, -0.1) is 0 Å².